The first-order valence-electron chi connectivity index (χ1n) is 5.73. The van der Waals surface area contributed by atoms with E-state index in [1.165, 1.54) is 0 Å². The molecule has 0 spiro atoms. The van der Waals surface area contributed by atoms with Gasteiger partial charge < -0.3 is 5.32 Å². The van der Waals surface area contributed by atoms with Crippen LogP contribution >= 0.6 is 27.5 Å². The van der Waals surface area contributed by atoms with Gasteiger partial charge in [0.2, 0.25) is 0 Å². The second-order valence-corrected chi connectivity index (χ2v) is 5.80. The van der Waals surface area contributed by atoms with Crippen molar-refractivity contribution in [2.45, 2.75) is 26.7 Å². The van der Waals surface area contributed by atoms with E-state index in [4.69, 9.17) is 11.6 Å². The highest BCUT2D eigenvalue weighted by Gasteiger charge is 2.07. The van der Waals surface area contributed by atoms with E-state index in [9.17, 15) is 4.79 Å². The third-order valence-electron chi connectivity index (χ3n) is 2.37. The van der Waals surface area contributed by atoms with E-state index in [1.807, 2.05) is 0 Å². The van der Waals surface area contributed by atoms with Crippen molar-refractivity contribution in [3.8, 4) is 0 Å². The van der Waals surface area contributed by atoms with Crippen molar-refractivity contribution in [3.05, 3.63) is 33.3 Å². The van der Waals surface area contributed by atoms with E-state index in [-0.39, 0.29) is 5.91 Å². The van der Waals surface area contributed by atoms with Crippen LogP contribution in [0.1, 0.15) is 37.0 Å². The molecule has 0 saturated carbocycles. The molecule has 17 heavy (non-hydrogen) atoms. The minimum atomic E-state index is -0.0723. The minimum absolute atomic E-state index is 0.0723. The molecule has 0 atom stereocenters. The molecule has 1 rings (SSSR count). The van der Waals surface area contributed by atoms with Crippen LogP contribution < -0.4 is 5.32 Å². The van der Waals surface area contributed by atoms with Crippen LogP contribution in [0.15, 0.2) is 22.7 Å². The second kappa shape index (κ2) is 7.02. The lowest BCUT2D eigenvalue weighted by molar-refractivity contribution is 0.0952. The molecule has 1 N–H and O–H groups in total. The van der Waals surface area contributed by atoms with E-state index in [0.29, 0.717) is 23.0 Å². The predicted octanol–water partition coefficient (Wildman–Crippen LogP) is 4.27. The minimum Gasteiger partial charge on any atom is -0.352 e. The van der Waals surface area contributed by atoms with Gasteiger partial charge in [-0.1, -0.05) is 41.4 Å². The van der Waals surface area contributed by atoms with Gasteiger partial charge in [0.15, 0.2) is 0 Å². The van der Waals surface area contributed by atoms with E-state index in [2.05, 4.69) is 35.1 Å². The highest BCUT2D eigenvalue weighted by atomic mass is 79.9. The number of carbonyl (C=O) groups is 1. The Morgan fingerprint density at radius 2 is 2.12 bits per heavy atom. The molecule has 94 valence electrons. The first-order valence-corrected chi connectivity index (χ1v) is 6.90. The maximum Gasteiger partial charge on any atom is 0.251 e. The first kappa shape index (κ1) is 14.5. The largest absolute Gasteiger partial charge is 0.352 e. The molecule has 0 fully saturated rings. The fourth-order valence-electron chi connectivity index (χ4n) is 1.50. The summed E-state index contributed by atoms with van der Waals surface area (Å²) in [7, 11) is 0. The van der Waals surface area contributed by atoms with Crippen molar-refractivity contribution < 1.29 is 4.79 Å². The quantitative estimate of drug-likeness (QED) is 0.807. The molecule has 0 aliphatic heterocycles. The van der Waals surface area contributed by atoms with Crippen molar-refractivity contribution >= 4 is 33.4 Å². The van der Waals surface area contributed by atoms with Gasteiger partial charge >= 0.3 is 0 Å². The molecule has 1 amide bonds. The molecule has 2 nitrogen and oxygen atoms in total. The molecule has 1 aromatic rings. The van der Waals surface area contributed by atoms with E-state index < -0.39 is 0 Å². The number of carbonyl (C=O) groups excluding carboxylic acids is 1. The number of nitrogens with one attached hydrogen (secondary N) is 1. The average molecular weight is 319 g/mol. The Morgan fingerprint density at radius 3 is 2.71 bits per heavy atom. The monoisotopic (exact) mass is 317 g/mol. The Morgan fingerprint density at radius 1 is 1.41 bits per heavy atom. The number of benzene rings is 1. The molecular formula is C13H17BrClNO. The molecule has 4 heteroatoms. The molecular weight excluding hydrogens is 302 g/mol. The van der Waals surface area contributed by atoms with Crippen LogP contribution in [0.4, 0.5) is 0 Å². The zero-order chi connectivity index (χ0) is 12.8. The Hall–Kier alpha value is -0.540. The van der Waals surface area contributed by atoms with Gasteiger partial charge in [-0.3, -0.25) is 4.79 Å². The smallest absolute Gasteiger partial charge is 0.251 e. The van der Waals surface area contributed by atoms with Crippen LogP contribution in [-0.2, 0) is 0 Å². The summed E-state index contributed by atoms with van der Waals surface area (Å²) in [6.07, 6.45) is 2.13. The van der Waals surface area contributed by atoms with Crippen LogP contribution in [0.25, 0.3) is 0 Å². The summed E-state index contributed by atoms with van der Waals surface area (Å²) in [6, 6.07) is 5.20. The van der Waals surface area contributed by atoms with Crippen LogP contribution in [0, 0.1) is 5.92 Å². The third-order valence-corrected chi connectivity index (χ3v) is 3.04. The van der Waals surface area contributed by atoms with E-state index in [0.717, 1.165) is 17.3 Å². The number of hydrogen-bond donors (Lipinski definition) is 1. The van der Waals surface area contributed by atoms with Crippen LogP contribution in [0.5, 0.6) is 0 Å². The zero-order valence-corrected chi connectivity index (χ0v) is 12.4. The lowest BCUT2D eigenvalue weighted by atomic mass is 10.1. The summed E-state index contributed by atoms with van der Waals surface area (Å²) in [6.45, 7) is 5.06. The molecule has 0 bridgehead atoms. The number of halogens is 2. The van der Waals surface area contributed by atoms with Crippen LogP contribution in [0.2, 0.25) is 5.02 Å². The SMILES string of the molecule is CC(C)CCCNC(=O)c1cc(Cl)cc(Br)c1. The maximum atomic E-state index is 11.8. The molecule has 1 aromatic carbocycles. The molecule has 0 aliphatic rings. The van der Waals surface area contributed by atoms with Crippen molar-refractivity contribution in [1.29, 1.82) is 0 Å². The Kier molecular flexibility index (Phi) is 6.00. The van der Waals surface area contributed by atoms with Gasteiger partial charge in [-0.15, -0.1) is 0 Å². The Balaban J connectivity index is 2.47. The highest BCUT2D eigenvalue weighted by molar-refractivity contribution is 9.10. The van der Waals surface area contributed by atoms with Crippen molar-refractivity contribution in [3.63, 3.8) is 0 Å². The highest BCUT2D eigenvalue weighted by Crippen LogP contribution is 2.19. The molecule has 0 unspecified atom stereocenters. The molecule has 0 heterocycles. The fourth-order valence-corrected chi connectivity index (χ4v) is 2.36. The van der Waals surface area contributed by atoms with Gasteiger partial charge in [-0.25, -0.2) is 0 Å². The molecule has 0 aromatic heterocycles. The zero-order valence-electron chi connectivity index (χ0n) is 10.1. The van der Waals surface area contributed by atoms with Crippen molar-refractivity contribution in [2.24, 2.45) is 5.92 Å². The summed E-state index contributed by atoms with van der Waals surface area (Å²) < 4.78 is 0.817. The van der Waals surface area contributed by atoms with E-state index in [1.54, 1.807) is 18.2 Å². The summed E-state index contributed by atoms with van der Waals surface area (Å²) >= 11 is 9.20. The van der Waals surface area contributed by atoms with E-state index >= 15 is 0 Å². The van der Waals surface area contributed by atoms with Gasteiger partial charge in [-0.2, -0.15) is 0 Å². The van der Waals surface area contributed by atoms with Gasteiger partial charge in [0, 0.05) is 21.6 Å². The second-order valence-electron chi connectivity index (χ2n) is 4.45. The van der Waals surface area contributed by atoms with Gasteiger partial charge in [-0.05, 0) is 37.0 Å². The molecule has 0 radical (unpaired) electrons. The third kappa shape index (κ3) is 5.55. The van der Waals surface area contributed by atoms with Gasteiger partial charge in [0.05, 0.1) is 0 Å². The summed E-state index contributed by atoms with van der Waals surface area (Å²) in [5.74, 6) is 0.601. The average Bonchev–Trinajstić information content (AvgIpc) is 2.22. The lowest BCUT2D eigenvalue weighted by Gasteiger charge is -2.07. The normalized spacial score (nSPS) is 10.6. The van der Waals surface area contributed by atoms with Crippen molar-refractivity contribution in [1.82, 2.24) is 5.32 Å². The predicted molar refractivity (Wildman–Crippen MR) is 75.6 cm³/mol. The number of hydrogen-bond acceptors (Lipinski definition) is 1. The number of rotatable bonds is 5. The topological polar surface area (TPSA) is 29.1 Å². The first-order chi connectivity index (χ1) is 7.99. The standard InChI is InChI=1S/C13H17BrClNO/c1-9(2)4-3-5-16-13(17)10-6-11(14)8-12(15)7-10/h6-9H,3-5H2,1-2H3,(H,16,17). The summed E-state index contributed by atoms with van der Waals surface area (Å²) in [4.78, 5) is 11.8. The van der Waals surface area contributed by atoms with Crippen molar-refractivity contribution in [2.75, 3.05) is 6.54 Å². The Labute approximate surface area is 116 Å². The summed E-state index contributed by atoms with van der Waals surface area (Å²) in [5, 5.41) is 3.45. The maximum absolute atomic E-state index is 11.8. The van der Waals surface area contributed by atoms with Gasteiger partial charge in [0.1, 0.15) is 0 Å². The number of amides is 1. The fraction of sp³-hybridized carbons (Fsp3) is 0.462. The molecule has 0 aliphatic carbocycles. The molecule has 0 saturated heterocycles. The summed E-state index contributed by atoms with van der Waals surface area (Å²) in [5.41, 5.74) is 0.592. The lowest BCUT2D eigenvalue weighted by Crippen LogP contribution is -2.24. The van der Waals surface area contributed by atoms with Crippen LogP contribution in [0.3, 0.4) is 0 Å². The van der Waals surface area contributed by atoms with Gasteiger partial charge in [0.25, 0.3) is 5.91 Å². The van der Waals surface area contributed by atoms with Crippen LogP contribution in [-0.4, -0.2) is 12.5 Å². The Bertz CT molecular complexity index is 373.